The van der Waals surface area contributed by atoms with Crippen molar-refractivity contribution in [3.05, 3.63) is 59.9 Å². The van der Waals surface area contributed by atoms with E-state index in [9.17, 15) is 4.79 Å². The number of hydrogen-bond donors (Lipinski definition) is 0. The van der Waals surface area contributed by atoms with Crippen LogP contribution in [0.15, 0.2) is 53.9 Å². The second-order valence-electron chi connectivity index (χ2n) is 6.41. The minimum atomic E-state index is 0.142. The third kappa shape index (κ3) is 3.73. The minimum absolute atomic E-state index is 0.142. The van der Waals surface area contributed by atoms with Crippen LogP contribution in [0.2, 0.25) is 0 Å². The Morgan fingerprint density at radius 2 is 2.00 bits per heavy atom. The van der Waals surface area contributed by atoms with Crippen LogP contribution in [0.4, 0.5) is 0 Å². The van der Waals surface area contributed by atoms with E-state index in [1.165, 1.54) is 22.9 Å². The summed E-state index contributed by atoms with van der Waals surface area (Å²) in [6.07, 6.45) is 4.44. The lowest BCUT2D eigenvalue weighted by Crippen LogP contribution is -2.37. The summed E-state index contributed by atoms with van der Waals surface area (Å²) in [5.41, 5.74) is 3.52. The van der Waals surface area contributed by atoms with E-state index >= 15 is 0 Å². The van der Waals surface area contributed by atoms with E-state index < -0.39 is 0 Å². The third-order valence-corrected chi connectivity index (χ3v) is 5.71. The molecule has 0 N–H and O–H groups in total. The standard InChI is InChI=1S/C20H21N5OS/c1-2-25-19(16-8-5-10-21-12-16)22-23-20(25)27-14-18(26)24-11-9-15-6-3-4-7-17(15)13-24/h3-8,10,12H,2,9,11,13-14H2,1H3. The van der Waals surface area contributed by atoms with Crippen molar-refractivity contribution in [3.8, 4) is 11.4 Å². The first kappa shape index (κ1) is 17.7. The zero-order valence-corrected chi connectivity index (χ0v) is 16.0. The van der Waals surface area contributed by atoms with Crippen molar-refractivity contribution >= 4 is 17.7 Å². The fourth-order valence-electron chi connectivity index (χ4n) is 3.32. The highest BCUT2D eigenvalue weighted by Gasteiger charge is 2.21. The van der Waals surface area contributed by atoms with Crippen molar-refractivity contribution in [2.75, 3.05) is 12.3 Å². The molecule has 27 heavy (non-hydrogen) atoms. The van der Waals surface area contributed by atoms with Gasteiger partial charge in [-0.1, -0.05) is 36.0 Å². The molecule has 0 atom stereocenters. The summed E-state index contributed by atoms with van der Waals surface area (Å²) < 4.78 is 2.03. The van der Waals surface area contributed by atoms with Crippen molar-refractivity contribution in [2.24, 2.45) is 0 Å². The number of rotatable bonds is 5. The molecule has 3 heterocycles. The van der Waals surface area contributed by atoms with Gasteiger partial charge in [-0.15, -0.1) is 10.2 Å². The molecule has 4 rings (SSSR count). The molecule has 2 aromatic heterocycles. The molecular formula is C20H21N5OS. The van der Waals surface area contributed by atoms with Gasteiger partial charge in [-0.25, -0.2) is 0 Å². The Bertz CT molecular complexity index is 941. The highest BCUT2D eigenvalue weighted by molar-refractivity contribution is 7.99. The lowest BCUT2D eigenvalue weighted by atomic mass is 10.00. The number of nitrogens with zero attached hydrogens (tertiary/aromatic N) is 5. The summed E-state index contributed by atoms with van der Waals surface area (Å²) in [4.78, 5) is 18.8. The molecule has 0 radical (unpaired) electrons. The molecule has 7 heteroatoms. The molecule has 0 saturated carbocycles. The summed E-state index contributed by atoms with van der Waals surface area (Å²) in [7, 11) is 0. The molecule has 1 aromatic carbocycles. The summed E-state index contributed by atoms with van der Waals surface area (Å²) in [6.45, 7) is 4.26. The topological polar surface area (TPSA) is 63.9 Å². The molecule has 0 aliphatic carbocycles. The number of carbonyl (C=O) groups excluding carboxylic acids is 1. The van der Waals surface area contributed by atoms with Gasteiger partial charge in [-0.05, 0) is 36.6 Å². The fraction of sp³-hybridized carbons (Fsp3) is 0.300. The van der Waals surface area contributed by atoms with Gasteiger partial charge in [-0.3, -0.25) is 9.78 Å². The number of pyridine rings is 1. The van der Waals surface area contributed by atoms with Crippen molar-refractivity contribution in [2.45, 2.75) is 31.6 Å². The van der Waals surface area contributed by atoms with Gasteiger partial charge in [0.05, 0.1) is 5.75 Å². The number of hydrogen-bond acceptors (Lipinski definition) is 5. The van der Waals surface area contributed by atoms with E-state index in [4.69, 9.17) is 0 Å². The van der Waals surface area contributed by atoms with Crippen molar-refractivity contribution in [3.63, 3.8) is 0 Å². The van der Waals surface area contributed by atoms with Crippen LogP contribution in [0, 0.1) is 0 Å². The molecule has 1 aliphatic heterocycles. The van der Waals surface area contributed by atoms with Crippen LogP contribution in [0.3, 0.4) is 0 Å². The number of thioether (sulfide) groups is 1. The SMILES string of the molecule is CCn1c(SCC(=O)N2CCc3ccccc3C2)nnc1-c1cccnc1. The van der Waals surface area contributed by atoms with Crippen LogP contribution in [-0.4, -0.2) is 42.9 Å². The minimum Gasteiger partial charge on any atom is -0.337 e. The number of aromatic nitrogens is 4. The van der Waals surface area contributed by atoms with Gasteiger partial charge in [0.25, 0.3) is 0 Å². The normalized spacial score (nSPS) is 13.4. The molecule has 0 unspecified atom stereocenters. The Morgan fingerprint density at radius 3 is 2.78 bits per heavy atom. The summed E-state index contributed by atoms with van der Waals surface area (Å²) in [6, 6.07) is 12.2. The Morgan fingerprint density at radius 1 is 1.15 bits per heavy atom. The summed E-state index contributed by atoms with van der Waals surface area (Å²) in [5, 5.41) is 9.36. The van der Waals surface area contributed by atoms with E-state index in [1.807, 2.05) is 27.7 Å². The first-order valence-corrected chi connectivity index (χ1v) is 10.1. The van der Waals surface area contributed by atoms with Gasteiger partial charge in [-0.2, -0.15) is 0 Å². The molecule has 3 aromatic rings. The quantitative estimate of drug-likeness (QED) is 0.638. The van der Waals surface area contributed by atoms with Crippen LogP contribution in [0.1, 0.15) is 18.1 Å². The van der Waals surface area contributed by atoms with E-state index in [2.05, 4.69) is 40.3 Å². The Kier molecular flexibility index (Phi) is 5.20. The van der Waals surface area contributed by atoms with Crippen molar-refractivity contribution < 1.29 is 4.79 Å². The smallest absolute Gasteiger partial charge is 0.233 e. The van der Waals surface area contributed by atoms with E-state index in [0.717, 1.165) is 36.1 Å². The van der Waals surface area contributed by atoms with Crippen LogP contribution < -0.4 is 0 Å². The average Bonchev–Trinajstić information content (AvgIpc) is 3.15. The van der Waals surface area contributed by atoms with Crippen LogP contribution in [-0.2, 0) is 24.3 Å². The first-order valence-electron chi connectivity index (χ1n) is 9.07. The zero-order valence-electron chi connectivity index (χ0n) is 15.2. The van der Waals surface area contributed by atoms with Gasteiger partial charge in [0, 0.05) is 37.6 Å². The Labute approximate surface area is 162 Å². The third-order valence-electron chi connectivity index (χ3n) is 4.76. The highest BCUT2D eigenvalue weighted by Crippen LogP contribution is 2.25. The second kappa shape index (κ2) is 7.92. The monoisotopic (exact) mass is 379 g/mol. The molecule has 138 valence electrons. The largest absolute Gasteiger partial charge is 0.337 e. The fourth-order valence-corrected chi connectivity index (χ4v) is 4.22. The van der Waals surface area contributed by atoms with Crippen molar-refractivity contribution in [1.29, 1.82) is 0 Å². The zero-order chi connectivity index (χ0) is 18.6. The molecule has 0 spiro atoms. The first-order chi connectivity index (χ1) is 13.3. The molecule has 1 amide bonds. The Balaban J connectivity index is 1.43. The number of amides is 1. The molecule has 0 fully saturated rings. The molecular weight excluding hydrogens is 358 g/mol. The predicted octanol–water partition coefficient (Wildman–Crippen LogP) is 3.04. The van der Waals surface area contributed by atoms with Gasteiger partial charge < -0.3 is 9.47 Å². The van der Waals surface area contributed by atoms with Gasteiger partial charge in [0.1, 0.15) is 0 Å². The lowest BCUT2D eigenvalue weighted by Gasteiger charge is -2.28. The van der Waals surface area contributed by atoms with Crippen LogP contribution in [0.25, 0.3) is 11.4 Å². The number of carbonyl (C=O) groups is 1. The summed E-state index contributed by atoms with van der Waals surface area (Å²) in [5.74, 6) is 1.29. The van der Waals surface area contributed by atoms with Gasteiger partial charge in [0.15, 0.2) is 11.0 Å². The Hall–Kier alpha value is -2.67. The maximum atomic E-state index is 12.7. The van der Waals surface area contributed by atoms with Crippen LogP contribution in [0.5, 0.6) is 0 Å². The van der Waals surface area contributed by atoms with E-state index in [1.54, 1.807) is 12.4 Å². The predicted molar refractivity (Wildman–Crippen MR) is 105 cm³/mol. The molecule has 6 nitrogen and oxygen atoms in total. The van der Waals surface area contributed by atoms with E-state index in [0.29, 0.717) is 12.3 Å². The van der Waals surface area contributed by atoms with Gasteiger partial charge in [0.2, 0.25) is 5.91 Å². The lowest BCUT2D eigenvalue weighted by molar-refractivity contribution is -0.129. The van der Waals surface area contributed by atoms with Gasteiger partial charge >= 0.3 is 0 Å². The molecule has 0 bridgehead atoms. The molecule has 0 saturated heterocycles. The summed E-state index contributed by atoms with van der Waals surface area (Å²) >= 11 is 1.45. The maximum Gasteiger partial charge on any atom is 0.233 e. The number of fused-ring (bicyclic) bond motifs is 1. The number of benzene rings is 1. The highest BCUT2D eigenvalue weighted by atomic mass is 32.2. The second-order valence-corrected chi connectivity index (χ2v) is 7.36. The maximum absolute atomic E-state index is 12.7. The average molecular weight is 379 g/mol. The van der Waals surface area contributed by atoms with Crippen LogP contribution >= 0.6 is 11.8 Å². The molecule has 1 aliphatic rings. The van der Waals surface area contributed by atoms with E-state index in [-0.39, 0.29) is 5.91 Å². The van der Waals surface area contributed by atoms with Crippen molar-refractivity contribution in [1.82, 2.24) is 24.6 Å².